The summed E-state index contributed by atoms with van der Waals surface area (Å²) < 4.78 is 6.67. The average Bonchev–Trinajstić information content (AvgIpc) is 2.42. The van der Waals surface area contributed by atoms with Crippen molar-refractivity contribution in [1.82, 2.24) is 4.98 Å². The first-order valence-electron chi connectivity index (χ1n) is 7.48. The fraction of sp³-hybridized carbons (Fsp3) is 0.600. The molecule has 1 aliphatic heterocycles. The Morgan fingerprint density at radius 1 is 1.36 bits per heavy atom. The van der Waals surface area contributed by atoms with E-state index in [2.05, 4.69) is 40.6 Å². The molecular formula is C15H24BrN3O2Si. The van der Waals surface area contributed by atoms with E-state index >= 15 is 0 Å². The highest BCUT2D eigenvalue weighted by molar-refractivity contribution is 9.10. The Balaban J connectivity index is 2.16. The van der Waals surface area contributed by atoms with Gasteiger partial charge in [-0.25, -0.2) is 0 Å². The molecule has 0 fully saturated rings. The highest BCUT2D eigenvalue weighted by atomic mass is 79.9. The summed E-state index contributed by atoms with van der Waals surface area (Å²) in [5, 5.41) is 0. The molecule has 1 amide bonds. The van der Waals surface area contributed by atoms with Gasteiger partial charge in [-0.1, -0.05) is 19.6 Å². The molecule has 1 unspecified atom stereocenters. The molecule has 0 radical (unpaired) electrons. The fourth-order valence-electron chi connectivity index (χ4n) is 2.34. The van der Waals surface area contributed by atoms with E-state index in [9.17, 15) is 4.79 Å². The third kappa shape index (κ3) is 3.69. The molecule has 0 aliphatic carbocycles. The lowest BCUT2D eigenvalue weighted by Gasteiger charge is -2.39. The Labute approximate surface area is 141 Å². The van der Waals surface area contributed by atoms with Crippen LogP contribution < -0.4 is 9.80 Å². The third-order valence-electron chi connectivity index (χ3n) is 3.92. The first-order valence-corrected chi connectivity index (χ1v) is 12.0. The summed E-state index contributed by atoms with van der Waals surface area (Å²) in [5.74, 6) is 0.0444. The summed E-state index contributed by atoms with van der Waals surface area (Å²) in [4.78, 5) is 20.4. The summed E-state index contributed by atoms with van der Waals surface area (Å²) in [6.07, 6.45) is 3.48. The van der Waals surface area contributed by atoms with Gasteiger partial charge in [-0.05, 0) is 28.9 Å². The van der Waals surface area contributed by atoms with Crippen molar-refractivity contribution in [2.24, 2.45) is 0 Å². The molecule has 122 valence electrons. The minimum absolute atomic E-state index is 0.0444. The summed E-state index contributed by atoms with van der Waals surface area (Å²) >= 11 is 3.53. The van der Waals surface area contributed by atoms with Crippen LogP contribution >= 0.6 is 15.9 Å². The number of fused-ring (bicyclic) bond motifs is 1. The van der Waals surface area contributed by atoms with Gasteiger partial charge >= 0.3 is 0 Å². The number of halogens is 1. The quantitative estimate of drug-likeness (QED) is 0.575. The van der Waals surface area contributed by atoms with E-state index in [4.69, 9.17) is 4.74 Å². The minimum Gasteiger partial charge on any atom is -0.361 e. The Bertz CT molecular complexity index is 562. The molecule has 0 saturated carbocycles. The summed E-state index contributed by atoms with van der Waals surface area (Å²) in [7, 11) is 0.804. The Hall–Kier alpha value is -0.923. The molecule has 22 heavy (non-hydrogen) atoms. The summed E-state index contributed by atoms with van der Waals surface area (Å²) in [6.45, 7) is 9.83. The van der Waals surface area contributed by atoms with Crippen LogP contribution in [0, 0.1) is 0 Å². The van der Waals surface area contributed by atoms with Gasteiger partial charge in [0.05, 0.1) is 22.0 Å². The SMILES string of the molecule is CC1C(=O)N(COCC[Si](C)(C)C)c2cncc(Br)c2N1C. The van der Waals surface area contributed by atoms with Gasteiger partial charge < -0.3 is 9.64 Å². The molecule has 7 heteroatoms. The lowest BCUT2D eigenvalue weighted by Crippen LogP contribution is -2.51. The zero-order valence-corrected chi connectivity index (χ0v) is 16.5. The Morgan fingerprint density at radius 3 is 2.68 bits per heavy atom. The smallest absolute Gasteiger partial charge is 0.251 e. The van der Waals surface area contributed by atoms with Gasteiger partial charge in [0, 0.05) is 27.9 Å². The lowest BCUT2D eigenvalue weighted by molar-refractivity contribution is -0.120. The second kappa shape index (κ2) is 6.68. The van der Waals surface area contributed by atoms with Crippen LogP contribution in [-0.4, -0.2) is 45.4 Å². The maximum absolute atomic E-state index is 12.6. The predicted octanol–water partition coefficient (Wildman–Crippen LogP) is 3.33. The third-order valence-corrected chi connectivity index (χ3v) is 6.20. The number of aromatic nitrogens is 1. The maximum Gasteiger partial charge on any atom is 0.251 e. The van der Waals surface area contributed by atoms with Gasteiger partial charge in [0.25, 0.3) is 5.91 Å². The standard InChI is InChI=1S/C15H24BrN3O2Si/c1-11-15(20)19(10-21-6-7-22(3,4)5)13-9-17-8-12(16)14(13)18(11)2/h8-9,11H,6-7,10H2,1-5H3. The van der Waals surface area contributed by atoms with Crippen molar-refractivity contribution in [3.05, 3.63) is 16.9 Å². The molecule has 1 aromatic rings. The molecule has 0 spiro atoms. The number of hydrogen-bond donors (Lipinski definition) is 0. The molecule has 0 aromatic carbocycles. The van der Waals surface area contributed by atoms with Crippen molar-refractivity contribution in [2.75, 3.05) is 30.2 Å². The van der Waals surface area contributed by atoms with Crippen LogP contribution in [0.5, 0.6) is 0 Å². The summed E-state index contributed by atoms with van der Waals surface area (Å²) in [6, 6.07) is 0.875. The van der Waals surface area contributed by atoms with Crippen molar-refractivity contribution in [3.63, 3.8) is 0 Å². The molecule has 1 aromatic heterocycles. The van der Waals surface area contributed by atoms with Crippen molar-refractivity contribution in [3.8, 4) is 0 Å². The number of anilines is 2. The Kier molecular flexibility index (Phi) is 5.29. The van der Waals surface area contributed by atoms with Crippen LogP contribution in [0.4, 0.5) is 11.4 Å². The normalized spacial score (nSPS) is 18.6. The second-order valence-corrected chi connectivity index (χ2v) is 13.4. The Morgan fingerprint density at radius 2 is 2.05 bits per heavy atom. The van der Waals surface area contributed by atoms with Gasteiger partial charge in [-0.15, -0.1) is 0 Å². The first kappa shape index (κ1) is 17.4. The van der Waals surface area contributed by atoms with Gasteiger partial charge in [0.2, 0.25) is 0 Å². The van der Waals surface area contributed by atoms with Crippen molar-refractivity contribution in [2.45, 2.75) is 38.7 Å². The molecule has 0 saturated heterocycles. The molecular weight excluding hydrogens is 362 g/mol. The average molecular weight is 386 g/mol. The van der Waals surface area contributed by atoms with E-state index in [-0.39, 0.29) is 18.7 Å². The lowest BCUT2D eigenvalue weighted by atomic mass is 10.1. The molecule has 2 heterocycles. The molecule has 1 aliphatic rings. The predicted molar refractivity (Wildman–Crippen MR) is 96.3 cm³/mol. The fourth-order valence-corrected chi connectivity index (χ4v) is 3.69. The van der Waals surface area contributed by atoms with Crippen molar-refractivity contribution in [1.29, 1.82) is 0 Å². The number of rotatable bonds is 5. The van der Waals surface area contributed by atoms with Gasteiger partial charge in [-0.2, -0.15) is 0 Å². The van der Waals surface area contributed by atoms with E-state index < -0.39 is 8.07 Å². The van der Waals surface area contributed by atoms with E-state index in [0.717, 1.165) is 21.9 Å². The molecule has 0 bridgehead atoms. The van der Waals surface area contributed by atoms with E-state index in [1.54, 1.807) is 17.3 Å². The van der Waals surface area contributed by atoms with Gasteiger partial charge in [0.1, 0.15) is 12.8 Å². The van der Waals surface area contributed by atoms with Crippen molar-refractivity contribution < 1.29 is 9.53 Å². The van der Waals surface area contributed by atoms with Crippen LogP contribution in [0.25, 0.3) is 0 Å². The highest BCUT2D eigenvalue weighted by Gasteiger charge is 2.35. The zero-order chi connectivity index (χ0) is 16.5. The number of amides is 1. The van der Waals surface area contributed by atoms with Crippen LogP contribution in [0.15, 0.2) is 16.9 Å². The minimum atomic E-state index is -1.12. The maximum atomic E-state index is 12.6. The highest BCUT2D eigenvalue weighted by Crippen LogP contribution is 2.39. The van der Waals surface area contributed by atoms with Gasteiger partial charge in [-0.3, -0.25) is 14.7 Å². The largest absolute Gasteiger partial charge is 0.361 e. The number of hydrogen-bond acceptors (Lipinski definition) is 4. The molecule has 0 N–H and O–H groups in total. The van der Waals surface area contributed by atoms with E-state index in [1.807, 2.05) is 18.9 Å². The topological polar surface area (TPSA) is 45.7 Å². The van der Waals surface area contributed by atoms with Crippen LogP contribution in [0.1, 0.15) is 6.92 Å². The number of pyridine rings is 1. The van der Waals surface area contributed by atoms with Crippen LogP contribution in [0.2, 0.25) is 25.7 Å². The molecule has 5 nitrogen and oxygen atoms in total. The zero-order valence-electron chi connectivity index (χ0n) is 13.9. The van der Waals surface area contributed by atoms with E-state index in [0.29, 0.717) is 6.61 Å². The van der Waals surface area contributed by atoms with Crippen molar-refractivity contribution >= 4 is 41.3 Å². The monoisotopic (exact) mass is 385 g/mol. The number of ether oxygens (including phenoxy) is 1. The van der Waals surface area contributed by atoms with E-state index in [1.165, 1.54) is 0 Å². The number of likely N-dealkylation sites (N-methyl/N-ethyl adjacent to an activating group) is 1. The molecule has 2 rings (SSSR count). The van der Waals surface area contributed by atoms with Crippen LogP contribution in [-0.2, 0) is 9.53 Å². The second-order valence-electron chi connectivity index (χ2n) is 6.89. The van der Waals surface area contributed by atoms with Crippen LogP contribution in [0.3, 0.4) is 0 Å². The number of nitrogens with zero attached hydrogens (tertiary/aromatic N) is 3. The number of carbonyl (C=O) groups excluding carboxylic acids is 1. The van der Waals surface area contributed by atoms with Gasteiger partial charge in [0.15, 0.2) is 0 Å². The first-order chi connectivity index (χ1) is 10.2. The molecule has 1 atom stereocenters. The summed E-state index contributed by atoms with van der Waals surface area (Å²) in [5.41, 5.74) is 1.78. The number of carbonyl (C=O) groups is 1.